The van der Waals surface area contributed by atoms with E-state index in [2.05, 4.69) is 21.2 Å². The van der Waals surface area contributed by atoms with Crippen LogP contribution in [0.3, 0.4) is 0 Å². The lowest BCUT2D eigenvalue weighted by molar-refractivity contribution is 0.102. The first-order valence-corrected chi connectivity index (χ1v) is 6.33. The number of phenolic OH excluding ortho intramolecular Hbond substituents is 1. The zero-order valence-electron chi connectivity index (χ0n) is 10.1. The minimum absolute atomic E-state index is 0.0243. The molecule has 0 aliphatic heterocycles. The van der Waals surface area contributed by atoms with Gasteiger partial charge in [-0.1, -0.05) is 12.1 Å². The average Bonchev–Trinajstić information content (AvgIpc) is 2.36. The van der Waals surface area contributed by atoms with Crippen LogP contribution < -0.4 is 5.32 Å². The Morgan fingerprint density at radius 2 is 2.05 bits per heavy atom. The molecule has 5 heteroatoms. The van der Waals surface area contributed by atoms with Gasteiger partial charge in [0.2, 0.25) is 0 Å². The summed E-state index contributed by atoms with van der Waals surface area (Å²) in [7, 11) is 0. The topological polar surface area (TPSA) is 49.3 Å². The molecule has 2 aromatic carbocycles. The molecule has 0 bridgehead atoms. The minimum Gasteiger partial charge on any atom is -0.508 e. The maximum atomic E-state index is 13.5. The number of anilines is 1. The van der Waals surface area contributed by atoms with E-state index in [1.807, 2.05) is 13.0 Å². The second-order valence-electron chi connectivity index (χ2n) is 4.05. The van der Waals surface area contributed by atoms with E-state index >= 15 is 0 Å². The summed E-state index contributed by atoms with van der Waals surface area (Å²) >= 11 is 3.33. The molecule has 0 fully saturated rings. The van der Waals surface area contributed by atoms with Crippen molar-refractivity contribution in [3.63, 3.8) is 0 Å². The van der Waals surface area contributed by atoms with Gasteiger partial charge in [0.25, 0.3) is 5.91 Å². The standard InChI is InChI=1S/C14H11BrFNO2/c1-8-3-2-4-10(13(8)15)14(19)17-12-6-5-9(18)7-11(12)16/h2-7,18H,1H3,(H,17,19). The molecule has 19 heavy (non-hydrogen) atoms. The summed E-state index contributed by atoms with van der Waals surface area (Å²) in [4.78, 5) is 12.1. The number of rotatable bonds is 2. The van der Waals surface area contributed by atoms with Crippen LogP contribution in [-0.4, -0.2) is 11.0 Å². The van der Waals surface area contributed by atoms with E-state index in [1.165, 1.54) is 12.1 Å². The molecule has 0 aliphatic carbocycles. The summed E-state index contributed by atoms with van der Waals surface area (Å²) in [6, 6.07) is 8.83. The number of carbonyl (C=O) groups is 1. The average molecular weight is 324 g/mol. The Kier molecular flexibility index (Phi) is 3.85. The third-order valence-corrected chi connectivity index (χ3v) is 3.69. The number of nitrogens with one attached hydrogen (secondary N) is 1. The van der Waals surface area contributed by atoms with Gasteiger partial charge in [-0.25, -0.2) is 4.39 Å². The van der Waals surface area contributed by atoms with Gasteiger partial charge in [-0.2, -0.15) is 0 Å². The normalized spacial score (nSPS) is 10.3. The summed E-state index contributed by atoms with van der Waals surface area (Å²) < 4.78 is 14.2. The van der Waals surface area contributed by atoms with Gasteiger partial charge >= 0.3 is 0 Å². The molecular weight excluding hydrogens is 313 g/mol. The highest BCUT2D eigenvalue weighted by Crippen LogP contribution is 2.24. The van der Waals surface area contributed by atoms with Gasteiger partial charge in [0, 0.05) is 10.5 Å². The summed E-state index contributed by atoms with van der Waals surface area (Å²) in [6.07, 6.45) is 0. The van der Waals surface area contributed by atoms with E-state index in [9.17, 15) is 9.18 Å². The fourth-order valence-electron chi connectivity index (χ4n) is 1.62. The zero-order valence-corrected chi connectivity index (χ0v) is 11.7. The van der Waals surface area contributed by atoms with Gasteiger partial charge in [-0.15, -0.1) is 0 Å². The van der Waals surface area contributed by atoms with Crippen molar-refractivity contribution >= 4 is 27.5 Å². The molecule has 0 saturated heterocycles. The van der Waals surface area contributed by atoms with Crippen LogP contribution in [0.25, 0.3) is 0 Å². The first kappa shape index (κ1) is 13.5. The van der Waals surface area contributed by atoms with E-state index < -0.39 is 11.7 Å². The molecule has 1 amide bonds. The summed E-state index contributed by atoms with van der Waals surface area (Å²) in [5.74, 6) is -1.29. The maximum absolute atomic E-state index is 13.5. The van der Waals surface area contributed by atoms with Crippen molar-refractivity contribution in [1.29, 1.82) is 0 Å². The number of carbonyl (C=O) groups excluding carboxylic acids is 1. The monoisotopic (exact) mass is 323 g/mol. The number of aryl methyl sites for hydroxylation is 1. The lowest BCUT2D eigenvalue weighted by Gasteiger charge is -2.09. The SMILES string of the molecule is Cc1cccc(C(=O)Nc2ccc(O)cc2F)c1Br. The van der Waals surface area contributed by atoms with Crippen molar-refractivity contribution in [3.05, 3.63) is 57.8 Å². The molecular formula is C14H11BrFNO2. The molecule has 2 aromatic rings. The summed E-state index contributed by atoms with van der Waals surface area (Å²) in [6.45, 7) is 1.86. The number of hydrogen-bond donors (Lipinski definition) is 2. The maximum Gasteiger partial charge on any atom is 0.256 e. The van der Waals surface area contributed by atoms with E-state index in [0.717, 1.165) is 11.6 Å². The fourth-order valence-corrected chi connectivity index (χ4v) is 2.06. The van der Waals surface area contributed by atoms with Crippen molar-refractivity contribution < 1.29 is 14.3 Å². The van der Waals surface area contributed by atoms with Gasteiger partial charge in [0.15, 0.2) is 0 Å². The minimum atomic E-state index is -0.683. The van der Waals surface area contributed by atoms with E-state index in [0.29, 0.717) is 10.0 Å². The smallest absolute Gasteiger partial charge is 0.256 e. The van der Waals surface area contributed by atoms with Crippen molar-refractivity contribution in [2.75, 3.05) is 5.32 Å². The molecule has 3 nitrogen and oxygen atoms in total. The van der Waals surface area contributed by atoms with Gasteiger partial charge in [0.05, 0.1) is 11.3 Å². The van der Waals surface area contributed by atoms with E-state index in [4.69, 9.17) is 5.11 Å². The summed E-state index contributed by atoms with van der Waals surface area (Å²) in [5, 5.41) is 11.6. The largest absolute Gasteiger partial charge is 0.508 e. The van der Waals surface area contributed by atoms with Gasteiger partial charge in [-0.05, 0) is 46.6 Å². The molecule has 0 radical (unpaired) electrons. The molecule has 98 valence electrons. The highest BCUT2D eigenvalue weighted by molar-refractivity contribution is 9.10. The molecule has 0 unspecified atom stereocenters. The van der Waals surface area contributed by atoms with Crippen molar-refractivity contribution in [2.45, 2.75) is 6.92 Å². The summed E-state index contributed by atoms with van der Waals surface area (Å²) in [5.41, 5.74) is 1.36. The predicted molar refractivity (Wildman–Crippen MR) is 74.9 cm³/mol. The molecule has 2 rings (SSSR count). The van der Waals surface area contributed by atoms with E-state index in [-0.39, 0.29) is 11.4 Å². The molecule has 2 N–H and O–H groups in total. The number of hydrogen-bond acceptors (Lipinski definition) is 2. The van der Waals surface area contributed by atoms with Crippen molar-refractivity contribution in [2.24, 2.45) is 0 Å². The van der Waals surface area contributed by atoms with Crippen molar-refractivity contribution in [3.8, 4) is 5.75 Å². The number of phenols is 1. The molecule has 0 heterocycles. The lowest BCUT2D eigenvalue weighted by atomic mass is 10.1. The lowest BCUT2D eigenvalue weighted by Crippen LogP contribution is -2.13. The molecule has 0 aliphatic rings. The van der Waals surface area contributed by atoms with Crippen LogP contribution in [-0.2, 0) is 0 Å². The van der Waals surface area contributed by atoms with Gasteiger partial charge in [0.1, 0.15) is 11.6 Å². The molecule has 0 spiro atoms. The van der Waals surface area contributed by atoms with Crippen LogP contribution in [0.15, 0.2) is 40.9 Å². The predicted octanol–water partition coefficient (Wildman–Crippen LogP) is 3.85. The van der Waals surface area contributed by atoms with Crippen LogP contribution in [0.5, 0.6) is 5.75 Å². The van der Waals surface area contributed by atoms with Crippen LogP contribution in [0.1, 0.15) is 15.9 Å². The van der Waals surface area contributed by atoms with Gasteiger partial charge in [-0.3, -0.25) is 4.79 Å². The Hall–Kier alpha value is -1.88. The first-order chi connectivity index (χ1) is 8.99. The Balaban J connectivity index is 2.28. The quantitative estimate of drug-likeness (QED) is 0.824. The second kappa shape index (κ2) is 5.40. The number of aromatic hydroxyl groups is 1. The fraction of sp³-hybridized carbons (Fsp3) is 0.0714. The van der Waals surface area contributed by atoms with Crippen LogP contribution in [0.4, 0.5) is 10.1 Å². The Morgan fingerprint density at radius 1 is 1.32 bits per heavy atom. The number of amides is 1. The first-order valence-electron chi connectivity index (χ1n) is 5.54. The third kappa shape index (κ3) is 2.93. The molecule has 0 atom stereocenters. The number of benzene rings is 2. The van der Waals surface area contributed by atoms with Gasteiger partial charge < -0.3 is 10.4 Å². The third-order valence-electron chi connectivity index (χ3n) is 2.64. The zero-order chi connectivity index (χ0) is 14.0. The Labute approximate surface area is 118 Å². The van der Waals surface area contributed by atoms with Crippen molar-refractivity contribution in [1.82, 2.24) is 0 Å². The number of halogens is 2. The second-order valence-corrected chi connectivity index (χ2v) is 4.85. The highest BCUT2D eigenvalue weighted by atomic mass is 79.9. The van der Waals surface area contributed by atoms with Crippen LogP contribution >= 0.6 is 15.9 Å². The molecule has 0 saturated carbocycles. The van der Waals surface area contributed by atoms with Crippen LogP contribution in [0.2, 0.25) is 0 Å². The highest BCUT2D eigenvalue weighted by Gasteiger charge is 2.13. The van der Waals surface area contributed by atoms with E-state index in [1.54, 1.807) is 12.1 Å². The Bertz CT molecular complexity index is 643. The molecule has 0 aromatic heterocycles. The Morgan fingerprint density at radius 3 is 2.74 bits per heavy atom. The van der Waals surface area contributed by atoms with Crippen LogP contribution in [0, 0.1) is 12.7 Å².